The maximum absolute atomic E-state index is 12.2. The highest BCUT2D eigenvalue weighted by Crippen LogP contribution is 2.57. The number of rotatable bonds is 1. The molecule has 0 aromatic carbocycles. The fourth-order valence-corrected chi connectivity index (χ4v) is 5.50. The molecule has 17 heavy (non-hydrogen) atoms. The van der Waals surface area contributed by atoms with Crippen LogP contribution in [0.25, 0.3) is 0 Å². The van der Waals surface area contributed by atoms with Gasteiger partial charge in [-0.05, 0) is 56.3 Å². The molecule has 4 bridgehead atoms. The third-order valence-corrected chi connectivity index (χ3v) is 5.67. The maximum Gasteiger partial charge on any atom is 0.237 e. The summed E-state index contributed by atoms with van der Waals surface area (Å²) in [5.41, 5.74) is 0.286. The van der Waals surface area contributed by atoms with Crippen molar-refractivity contribution in [1.29, 1.82) is 0 Å². The smallest absolute Gasteiger partial charge is 0.237 e. The molecule has 4 saturated carbocycles. The van der Waals surface area contributed by atoms with Crippen molar-refractivity contribution in [3.05, 3.63) is 0 Å². The Morgan fingerprint density at radius 2 is 1.65 bits per heavy atom. The predicted octanol–water partition coefficient (Wildman–Crippen LogP) is 1.39. The number of hydrogen-bond donors (Lipinski definition) is 1. The SMILES string of the molecule is O=C1CNCCN1C12CC3CC(CC(C3)C1)C2. The van der Waals surface area contributed by atoms with Gasteiger partial charge >= 0.3 is 0 Å². The Morgan fingerprint density at radius 3 is 2.18 bits per heavy atom. The van der Waals surface area contributed by atoms with Gasteiger partial charge in [0.05, 0.1) is 6.54 Å². The van der Waals surface area contributed by atoms with Gasteiger partial charge in [-0.15, -0.1) is 0 Å². The van der Waals surface area contributed by atoms with Gasteiger partial charge in [0.1, 0.15) is 0 Å². The summed E-state index contributed by atoms with van der Waals surface area (Å²) >= 11 is 0. The quantitative estimate of drug-likeness (QED) is 0.743. The van der Waals surface area contributed by atoms with Gasteiger partial charge < -0.3 is 10.2 Å². The molecular formula is C14H22N2O. The first-order valence-corrected chi connectivity index (χ1v) is 7.26. The molecule has 1 saturated heterocycles. The largest absolute Gasteiger partial charge is 0.335 e. The highest BCUT2D eigenvalue weighted by atomic mass is 16.2. The third-order valence-electron chi connectivity index (χ3n) is 5.67. The van der Waals surface area contributed by atoms with Gasteiger partial charge in [-0.3, -0.25) is 4.79 Å². The molecule has 1 N–H and O–H groups in total. The second kappa shape index (κ2) is 3.47. The molecule has 1 amide bonds. The molecule has 1 heterocycles. The molecule has 3 heteroatoms. The molecule has 5 rings (SSSR count). The second-order valence-corrected chi connectivity index (χ2v) is 6.86. The van der Waals surface area contributed by atoms with Gasteiger partial charge in [0.2, 0.25) is 5.91 Å². The lowest BCUT2D eigenvalue weighted by Gasteiger charge is -2.61. The monoisotopic (exact) mass is 234 g/mol. The fraction of sp³-hybridized carbons (Fsp3) is 0.929. The van der Waals surface area contributed by atoms with E-state index in [1.165, 1.54) is 38.5 Å². The third kappa shape index (κ3) is 1.48. The molecule has 94 valence electrons. The van der Waals surface area contributed by atoms with E-state index in [9.17, 15) is 4.79 Å². The van der Waals surface area contributed by atoms with Crippen molar-refractivity contribution < 1.29 is 4.79 Å². The van der Waals surface area contributed by atoms with E-state index in [1.807, 2.05) is 0 Å². The van der Waals surface area contributed by atoms with E-state index < -0.39 is 0 Å². The Kier molecular flexibility index (Phi) is 2.11. The molecule has 5 fully saturated rings. The van der Waals surface area contributed by atoms with Crippen molar-refractivity contribution in [2.75, 3.05) is 19.6 Å². The summed E-state index contributed by atoms with van der Waals surface area (Å²) in [4.78, 5) is 14.4. The highest BCUT2D eigenvalue weighted by Gasteiger charge is 2.54. The number of hydrogen-bond acceptors (Lipinski definition) is 2. The van der Waals surface area contributed by atoms with E-state index in [0.29, 0.717) is 12.5 Å². The summed E-state index contributed by atoms with van der Waals surface area (Å²) in [5, 5.41) is 3.21. The molecule has 0 unspecified atom stereocenters. The van der Waals surface area contributed by atoms with Crippen LogP contribution in [0.2, 0.25) is 0 Å². The van der Waals surface area contributed by atoms with E-state index in [1.54, 1.807) is 0 Å². The number of carbonyl (C=O) groups excluding carboxylic acids is 1. The standard InChI is InChI=1S/C14H22N2O/c17-13-9-15-1-2-16(13)14-6-10-3-11(7-14)5-12(4-10)8-14/h10-12,15H,1-9H2. The number of nitrogens with zero attached hydrogens (tertiary/aromatic N) is 1. The van der Waals surface area contributed by atoms with Gasteiger partial charge in [0.25, 0.3) is 0 Å². The van der Waals surface area contributed by atoms with E-state index >= 15 is 0 Å². The molecule has 0 atom stereocenters. The van der Waals surface area contributed by atoms with Crippen molar-refractivity contribution in [3.8, 4) is 0 Å². The van der Waals surface area contributed by atoms with E-state index in [0.717, 1.165) is 30.8 Å². The van der Waals surface area contributed by atoms with Gasteiger partial charge in [-0.2, -0.15) is 0 Å². The minimum absolute atomic E-state index is 0.286. The van der Waals surface area contributed by atoms with Crippen molar-refractivity contribution in [1.82, 2.24) is 10.2 Å². The summed E-state index contributed by atoms with van der Waals surface area (Å²) in [5.74, 6) is 3.16. The Labute approximate surface area is 103 Å². The zero-order valence-corrected chi connectivity index (χ0v) is 10.5. The normalized spacial score (nSPS) is 48.8. The molecule has 1 aliphatic heterocycles. The van der Waals surface area contributed by atoms with Crippen molar-refractivity contribution in [2.24, 2.45) is 17.8 Å². The molecule has 0 aromatic rings. The van der Waals surface area contributed by atoms with Crippen LogP contribution in [0, 0.1) is 17.8 Å². The zero-order chi connectivity index (χ0) is 11.5. The maximum atomic E-state index is 12.2. The molecule has 0 spiro atoms. The van der Waals surface area contributed by atoms with Crippen LogP contribution in [0.15, 0.2) is 0 Å². The predicted molar refractivity (Wildman–Crippen MR) is 65.5 cm³/mol. The first-order valence-electron chi connectivity index (χ1n) is 7.26. The highest BCUT2D eigenvalue weighted by molar-refractivity contribution is 5.80. The van der Waals surface area contributed by atoms with Crippen molar-refractivity contribution in [2.45, 2.75) is 44.1 Å². The molecule has 0 radical (unpaired) electrons. The minimum atomic E-state index is 0.286. The first kappa shape index (κ1) is 10.4. The van der Waals surface area contributed by atoms with Crippen LogP contribution in [0.5, 0.6) is 0 Å². The minimum Gasteiger partial charge on any atom is -0.335 e. The van der Waals surface area contributed by atoms with Crippen LogP contribution in [0.4, 0.5) is 0 Å². The lowest BCUT2D eigenvalue weighted by molar-refractivity contribution is -0.152. The van der Waals surface area contributed by atoms with Crippen LogP contribution in [0.1, 0.15) is 38.5 Å². The Morgan fingerprint density at radius 1 is 1.06 bits per heavy atom. The Hall–Kier alpha value is -0.570. The van der Waals surface area contributed by atoms with Gasteiger partial charge in [-0.25, -0.2) is 0 Å². The summed E-state index contributed by atoms with van der Waals surface area (Å²) < 4.78 is 0. The number of nitrogens with one attached hydrogen (secondary N) is 1. The molecular weight excluding hydrogens is 212 g/mol. The lowest BCUT2D eigenvalue weighted by atomic mass is 9.52. The number of amides is 1. The average Bonchev–Trinajstić information content (AvgIpc) is 2.27. The Balaban J connectivity index is 1.65. The van der Waals surface area contributed by atoms with Crippen LogP contribution in [-0.2, 0) is 4.79 Å². The summed E-state index contributed by atoms with van der Waals surface area (Å²) in [6, 6.07) is 0. The van der Waals surface area contributed by atoms with Crippen molar-refractivity contribution in [3.63, 3.8) is 0 Å². The van der Waals surface area contributed by atoms with Gasteiger partial charge in [0.15, 0.2) is 0 Å². The average molecular weight is 234 g/mol. The van der Waals surface area contributed by atoms with Gasteiger partial charge in [-0.1, -0.05) is 0 Å². The number of carbonyl (C=O) groups is 1. The van der Waals surface area contributed by atoms with Crippen molar-refractivity contribution >= 4 is 5.91 Å². The van der Waals surface area contributed by atoms with Gasteiger partial charge in [0, 0.05) is 18.6 Å². The topological polar surface area (TPSA) is 32.3 Å². The molecule has 3 nitrogen and oxygen atoms in total. The number of piperazine rings is 1. The molecule has 0 aromatic heterocycles. The van der Waals surface area contributed by atoms with Crippen LogP contribution >= 0.6 is 0 Å². The summed E-state index contributed by atoms with van der Waals surface area (Å²) in [6.07, 6.45) is 8.30. The van der Waals surface area contributed by atoms with E-state index in [-0.39, 0.29) is 5.54 Å². The summed E-state index contributed by atoms with van der Waals surface area (Å²) in [6.45, 7) is 2.51. The Bertz CT molecular complexity index is 317. The zero-order valence-electron chi connectivity index (χ0n) is 10.5. The lowest BCUT2D eigenvalue weighted by Crippen LogP contribution is -2.65. The van der Waals surface area contributed by atoms with E-state index in [4.69, 9.17) is 0 Å². The first-order chi connectivity index (χ1) is 8.25. The summed E-state index contributed by atoms with van der Waals surface area (Å²) in [7, 11) is 0. The second-order valence-electron chi connectivity index (χ2n) is 6.86. The van der Waals surface area contributed by atoms with Crippen LogP contribution < -0.4 is 5.32 Å². The van der Waals surface area contributed by atoms with Crippen LogP contribution in [-0.4, -0.2) is 36.0 Å². The van der Waals surface area contributed by atoms with E-state index in [2.05, 4.69) is 10.2 Å². The van der Waals surface area contributed by atoms with Crippen LogP contribution in [0.3, 0.4) is 0 Å². The molecule has 4 aliphatic carbocycles. The fourth-order valence-electron chi connectivity index (χ4n) is 5.50. The molecule has 5 aliphatic rings.